The second-order valence-corrected chi connectivity index (χ2v) is 5.88. The lowest BCUT2D eigenvalue weighted by molar-refractivity contribution is -0.133. The lowest BCUT2D eigenvalue weighted by atomic mass is 10.1. The molecule has 0 spiro atoms. The molecule has 1 saturated heterocycles. The summed E-state index contributed by atoms with van der Waals surface area (Å²) in [6, 6.07) is 0. The number of amides is 2. The fourth-order valence-electron chi connectivity index (χ4n) is 2.77. The van der Waals surface area contributed by atoms with Gasteiger partial charge in [-0.2, -0.15) is 0 Å². The van der Waals surface area contributed by atoms with Crippen molar-refractivity contribution in [3.8, 4) is 0 Å². The molecule has 1 aliphatic rings. The Morgan fingerprint density at radius 2 is 1.10 bits per heavy atom. The van der Waals surface area contributed by atoms with Crippen molar-refractivity contribution in [1.82, 2.24) is 4.90 Å². The van der Waals surface area contributed by atoms with Crippen LogP contribution in [0.5, 0.6) is 0 Å². The van der Waals surface area contributed by atoms with Crippen molar-refractivity contribution in [3.63, 3.8) is 0 Å². The Morgan fingerprint density at radius 3 is 1.50 bits per heavy atom. The van der Waals surface area contributed by atoms with Gasteiger partial charge in [-0.25, -0.2) is 0 Å². The Morgan fingerprint density at radius 1 is 0.700 bits per heavy atom. The molecule has 0 atom stereocenters. The van der Waals surface area contributed by atoms with Crippen molar-refractivity contribution >= 4 is 11.8 Å². The highest BCUT2D eigenvalue weighted by Crippen LogP contribution is 2.13. The number of carbonyl (C=O) groups excluding carboxylic acids is 2. The number of primary amides is 1. The molecule has 2 N–H and O–H groups in total. The van der Waals surface area contributed by atoms with Crippen molar-refractivity contribution in [2.45, 2.75) is 77.0 Å². The minimum absolute atomic E-state index is 0.0960. The van der Waals surface area contributed by atoms with Gasteiger partial charge in [0.25, 0.3) is 0 Å². The smallest absolute Gasteiger partial charge is 0.223 e. The van der Waals surface area contributed by atoms with E-state index in [1.54, 1.807) is 0 Å². The van der Waals surface area contributed by atoms with Gasteiger partial charge in [0.1, 0.15) is 0 Å². The lowest BCUT2D eigenvalue weighted by Crippen LogP contribution is -2.33. The van der Waals surface area contributed by atoms with Crippen molar-refractivity contribution in [2.75, 3.05) is 13.1 Å². The Labute approximate surface area is 123 Å². The molecular weight excluding hydrogens is 252 g/mol. The van der Waals surface area contributed by atoms with E-state index in [2.05, 4.69) is 0 Å². The molecule has 4 heteroatoms. The van der Waals surface area contributed by atoms with Gasteiger partial charge in [-0.3, -0.25) is 9.59 Å². The third-order valence-corrected chi connectivity index (χ3v) is 4.04. The first kappa shape index (κ1) is 17.0. The molecule has 0 aromatic rings. The molecule has 1 aliphatic heterocycles. The van der Waals surface area contributed by atoms with Gasteiger partial charge in [0.15, 0.2) is 0 Å². The van der Waals surface area contributed by atoms with Crippen LogP contribution >= 0.6 is 0 Å². The van der Waals surface area contributed by atoms with E-state index in [1.165, 1.54) is 51.4 Å². The van der Waals surface area contributed by atoms with Gasteiger partial charge in [0.2, 0.25) is 11.8 Å². The minimum atomic E-state index is -0.385. The van der Waals surface area contributed by atoms with E-state index in [9.17, 15) is 9.59 Å². The number of nitrogens with two attached hydrogens (primary N) is 1. The first-order valence-corrected chi connectivity index (χ1v) is 8.26. The van der Waals surface area contributed by atoms with Crippen LogP contribution in [0.4, 0.5) is 0 Å². The van der Waals surface area contributed by atoms with Gasteiger partial charge in [0, 0.05) is 25.9 Å². The molecule has 20 heavy (non-hydrogen) atoms. The number of rotatable bonds is 3. The van der Waals surface area contributed by atoms with E-state index < -0.39 is 0 Å². The largest absolute Gasteiger partial charge is 0.370 e. The maximum Gasteiger partial charge on any atom is 0.223 e. The molecule has 0 saturated carbocycles. The van der Waals surface area contributed by atoms with Crippen LogP contribution in [0.2, 0.25) is 0 Å². The van der Waals surface area contributed by atoms with Crippen LogP contribution in [0.1, 0.15) is 77.0 Å². The maximum absolute atomic E-state index is 12.1. The fraction of sp³-hybridized carbons (Fsp3) is 0.875. The normalized spacial score (nSPS) is 19.5. The molecule has 0 radical (unpaired) electrons. The predicted octanol–water partition coefficient (Wildman–Crippen LogP) is 3.00. The number of hydrogen-bond donors (Lipinski definition) is 1. The quantitative estimate of drug-likeness (QED) is 0.865. The highest BCUT2D eigenvalue weighted by molar-refractivity contribution is 5.82. The topological polar surface area (TPSA) is 63.4 Å². The van der Waals surface area contributed by atoms with Crippen LogP contribution in [0.3, 0.4) is 0 Å². The Kier molecular flexibility index (Phi) is 9.09. The molecule has 1 heterocycles. The first-order valence-electron chi connectivity index (χ1n) is 8.26. The molecule has 0 aliphatic carbocycles. The van der Waals surface area contributed by atoms with E-state index in [4.69, 9.17) is 5.73 Å². The molecule has 0 aromatic heterocycles. The van der Waals surface area contributed by atoms with Crippen molar-refractivity contribution in [1.29, 1.82) is 0 Å². The maximum atomic E-state index is 12.1. The first-order chi connectivity index (χ1) is 9.70. The lowest BCUT2D eigenvalue weighted by Gasteiger charge is -2.22. The molecule has 1 rings (SSSR count). The number of hydrogen-bond acceptors (Lipinski definition) is 2. The van der Waals surface area contributed by atoms with Gasteiger partial charge < -0.3 is 10.6 Å². The monoisotopic (exact) mass is 282 g/mol. The van der Waals surface area contributed by atoms with Crippen LogP contribution in [0, 0.1) is 0 Å². The summed E-state index contributed by atoms with van der Waals surface area (Å²) in [5.41, 5.74) is 5.12. The summed E-state index contributed by atoms with van der Waals surface area (Å²) < 4.78 is 0. The summed E-state index contributed by atoms with van der Waals surface area (Å²) in [4.78, 5) is 24.8. The summed E-state index contributed by atoms with van der Waals surface area (Å²) in [6.45, 7) is 1.69. The SMILES string of the molecule is NC(=O)CCC(=O)N1CCCCCCCCCCCC1. The highest BCUT2D eigenvalue weighted by Gasteiger charge is 2.13. The van der Waals surface area contributed by atoms with Gasteiger partial charge in [0.05, 0.1) is 0 Å². The predicted molar refractivity (Wildman–Crippen MR) is 81.2 cm³/mol. The van der Waals surface area contributed by atoms with Crippen molar-refractivity contribution < 1.29 is 9.59 Å². The second-order valence-electron chi connectivity index (χ2n) is 5.88. The molecule has 0 aromatic carbocycles. The Hall–Kier alpha value is -1.06. The van der Waals surface area contributed by atoms with Gasteiger partial charge in [-0.1, -0.05) is 51.4 Å². The zero-order valence-corrected chi connectivity index (χ0v) is 12.7. The zero-order valence-electron chi connectivity index (χ0n) is 12.7. The average Bonchev–Trinajstić information content (AvgIpc) is 2.45. The second kappa shape index (κ2) is 10.7. The van der Waals surface area contributed by atoms with E-state index >= 15 is 0 Å². The van der Waals surface area contributed by atoms with Gasteiger partial charge in [-0.05, 0) is 12.8 Å². The standard InChI is InChI=1S/C16H30N2O2/c17-15(19)11-12-16(20)18-13-9-7-5-3-1-2-4-6-8-10-14-18/h1-14H2,(H2,17,19). The summed E-state index contributed by atoms with van der Waals surface area (Å²) in [5, 5.41) is 0. The van der Waals surface area contributed by atoms with Crippen LogP contribution in [0.25, 0.3) is 0 Å². The van der Waals surface area contributed by atoms with E-state index in [0.717, 1.165) is 25.9 Å². The van der Waals surface area contributed by atoms with Crippen molar-refractivity contribution in [3.05, 3.63) is 0 Å². The molecule has 1 fully saturated rings. The number of carbonyl (C=O) groups is 2. The van der Waals surface area contributed by atoms with Gasteiger partial charge in [-0.15, -0.1) is 0 Å². The molecule has 2 amide bonds. The Bertz CT molecular complexity index is 278. The fourth-order valence-corrected chi connectivity index (χ4v) is 2.77. The zero-order chi connectivity index (χ0) is 14.6. The molecule has 116 valence electrons. The third-order valence-electron chi connectivity index (χ3n) is 4.04. The third kappa shape index (κ3) is 8.18. The molecular formula is C16H30N2O2. The minimum Gasteiger partial charge on any atom is -0.370 e. The summed E-state index contributed by atoms with van der Waals surface area (Å²) >= 11 is 0. The Balaban J connectivity index is 2.38. The van der Waals surface area contributed by atoms with E-state index in [-0.39, 0.29) is 24.7 Å². The van der Waals surface area contributed by atoms with Crippen LogP contribution in [0.15, 0.2) is 0 Å². The van der Waals surface area contributed by atoms with Gasteiger partial charge >= 0.3 is 0 Å². The molecule has 0 bridgehead atoms. The van der Waals surface area contributed by atoms with Crippen LogP contribution in [-0.4, -0.2) is 29.8 Å². The number of nitrogens with zero attached hydrogens (tertiary/aromatic N) is 1. The van der Waals surface area contributed by atoms with E-state index in [1.807, 2.05) is 4.90 Å². The summed E-state index contributed by atoms with van der Waals surface area (Å²) in [5.74, 6) is -0.289. The van der Waals surface area contributed by atoms with Crippen LogP contribution in [-0.2, 0) is 9.59 Å². The van der Waals surface area contributed by atoms with E-state index in [0.29, 0.717) is 0 Å². The highest BCUT2D eigenvalue weighted by atomic mass is 16.2. The van der Waals surface area contributed by atoms with Crippen molar-refractivity contribution in [2.24, 2.45) is 5.73 Å². The molecule has 0 unspecified atom stereocenters. The summed E-state index contributed by atoms with van der Waals surface area (Å²) in [7, 11) is 0. The van der Waals surface area contributed by atoms with Crippen LogP contribution < -0.4 is 5.73 Å². The summed E-state index contributed by atoms with van der Waals surface area (Å²) in [6.07, 6.45) is 13.0. The average molecular weight is 282 g/mol. The molecule has 4 nitrogen and oxygen atoms in total.